The van der Waals surface area contributed by atoms with Gasteiger partial charge in [-0.1, -0.05) is 44.0 Å². The van der Waals surface area contributed by atoms with E-state index < -0.39 is 11.9 Å². The van der Waals surface area contributed by atoms with E-state index in [0.717, 1.165) is 36.1 Å². The van der Waals surface area contributed by atoms with Crippen LogP contribution in [0.4, 0.5) is 5.69 Å². The Morgan fingerprint density at radius 3 is 2.56 bits per heavy atom. The molecule has 1 aliphatic rings. The van der Waals surface area contributed by atoms with Gasteiger partial charge in [0.25, 0.3) is 5.91 Å². The smallest absolute Gasteiger partial charge is 0.287 e. The number of nitrogens with one attached hydrogen (secondary N) is 2. The van der Waals surface area contributed by atoms with Gasteiger partial charge in [-0.25, -0.2) is 0 Å². The molecule has 8 heteroatoms. The monoisotopic (exact) mass is 479 g/mol. The van der Waals surface area contributed by atoms with Crippen molar-refractivity contribution >= 4 is 34.7 Å². The number of furan rings is 1. The summed E-state index contributed by atoms with van der Waals surface area (Å²) in [4.78, 5) is 42.0. The maximum atomic E-state index is 13.7. The zero-order valence-electron chi connectivity index (χ0n) is 19.2. The Labute approximate surface area is 203 Å². The number of aryl methyl sites for hydroxylation is 1. The third-order valence-electron chi connectivity index (χ3n) is 6.07. The fraction of sp³-hybridized carbons (Fsp3) is 0.346. The summed E-state index contributed by atoms with van der Waals surface area (Å²) >= 11 is 1.44. The van der Waals surface area contributed by atoms with Crippen molar-refractivity contribution in [2.75, 3.05) is 11.4 Å². The van der Waals surface area contributed by atoms with E-state index in [9.17, 15) is 14.4 Å². The highest BCUT2D eigenvalue weighted by atomic mass is 32.1. The molecule has 0 bridgehead atoms. The number of hydrogen-bond acceptors (Lipinski definition) is 5. The first kappa shape index (κ1) is 23.8. The van der Waals surface area contributed by atoms with Crippen molar-refractivity contribution in [2.24, 2.45) is 0 Å². The molecule has 2 heterocycles. The van der Waals surface area contributed by atoms with Gasteiger partial charge in [0.05, 0.1) is 12.8 Å². The normalized spacial score (nSPS) is 14.5. The largest absolute Gasteiger partial charge is 0.459 e. The first-order chi connectivity index (χ1) is 16.6. The minimum atomic E-state index is -0.832. The molecule has 1 atom stereocenters. The van der Waals surface area contributed by atoms with Crippen molar-refractivity contribution in [2.45, 2.75) is 51.1 Å². The summed E-state index contributed by atoms with van der Waals surface area (Å²) in [7, 11) is 0. The summed E-state index contributed by atoms with van der Waals surface area (Å²) in [5, 5.41) is 7.70. The van der Waals surface area contributed by atoms with E-state index in [1.165, 1.54) is 28.6 Å². The van der Waals surface area contributed by atoms with E-state index in [2.05, 4.69) is 10.6 Å². The first-order valence-electron chi connectivity index (χ1n) is 11.6. The molecule has 2 aromatic heterocycles. The van der Waals surface area contributed by atoms with Crippen molar-refractivity contribution in [1.82, 2.24) is 10.6 Å². The number of carbonyl (C=O) groups excluding carboxylic acids is 3. The fourth-order valence-corrected chi connectivity index (χ4v) is 5.18. The van der Waals surface area contributed by atoms with Crippen LogP contribution in [0.1, 0.15) is 59.6 Å². The maximum Gasteiger partial charge on any atom is 0.287 e. The lowest BCUT2D eigenvalue weighted by atomic mass is 10.1. The van der Waals surface area contributed by atoms with E-state index in [1.54, 1.807) is 6.07 Å². The molecule has 4 rings (SSSR count). The molecule has 178 valence electrons. The van der Waals surface area contributed by atoms with E-state index in [-0.39, 0.29) is 30.2 Å². The third kappa shape index (κ3) is 5.39. The van der Waals surface area contributed by atoms with Gasteiger partial charge in [-0.3, -0.25) is 19.3 Å². The molecule has 2 N–H and O–H groups in total. The zero-order valence-corrected chi connectivity index (χ0v) is 20.0. The van der Waals surface area contributed by atoms with Gasteiger partial charge in [-0.2, -0.15) is 0 Å². The molecule has 7 nitrogen and oxygen atoms in total. The van der Waals surface area contributed by atoms with Crippen LogP contribution in [-0.2, 0) is 16.0 Å². The standard InChI is InChI=1S/C26H29N3O4S/c1-2-18-9-3-6-12-20(18)29(23(30)17-27-25(31)21-13-7-15-33-21)24(22-14-8-16-34-22)26(32)28-19-10-4-5-11-19/h3,6-9,12-16,19,24H,2,4-5,10-11,17H2,1H3,(H,27,31)(H,28,32). The summed E-state index contributed by atoms with van der Waals surface area (Å²) in [5.74, 6) is -0.931. The third-order valence-corrected chi connectivity index (χ3v) is 6.99. The van der Waals surface area contributed by atoms with Gasteiger partial charge in [-0.05, 0) is 54.5 Å². The van der Waals surface area contributed by atoms with Crippen LogP contribution in [0.3, 0.4) is 0 Å². The SMILES string of the molecule is CCc1ccccc1N(C(=O)CNC(=O)c1ccco1)C(C(=O)NC1CCCC1)c1cccs1. The molecular weight excluding hydrogens is 450 g/mol. The number of amides is 3. The Morgan fingerprint density at radius 1 is 1.09 bits per heavy atom. The molecule has 3 amide bonds. The summed E-state index contributed by atoms with van der Waals surface area (Å²) in [6, 6.07) is 13.8. The molecule has 1 unspecified atom stereocenters. The molecule has 0 spiro atoms. The molecule has 1 saturated carbocycles. The van der Waals surface area contributed by atoms with E-state index in [1.807, 2.05) is 48.7 Å². The van der Waals surface area contributed by atoms with Gasteiger partial charge >= 0.3 is 0 Å². The summed E-state index contributed by atoms with van der Waals surface area (Å²) in [6.45, 7) is 1.75. The zero-order chi connectivity index (χ0) is 23.9. The lowest BCUT2D eigenvalue weighted by Crippen LogP contribution is -2.49. The van der Waals surface area contributed by atoms with Gasteiger partial charge in [0, 0.05) is 16.6 Å². The second kappa shape index (κ2) is 11.2. The molecule has 3 aromatic rings. The van der Waals surface area contributed by atoms with Crippen LogP contribution in [0.15, 0.2) is 64.6 Å². The Morgan fingerprint density at radius 2 is 1.88 bits per heavy atom. The molecule has 1 aromatic carbocycles. The summed E-state index contributed by atoms with van der Waals surface area (Å²) < 4.78 is 5.13. The van der Waals surface area contributed by atoms with Crippen molar-refractivity contribution in [3.05, 3.63) is 76.4 Å². The van der Waals surface area contributed by atoms with Gasteiger partial charge in [0.2, 0.25) is 11.8 Å². The molecule has 0 radical (unpaired) electrons. The highest BCUT2D eigenvalue weighted by Crippen LogP contribution is 2.33. The van der Waals surface area contributed by atoms with Crippen molar-refractivity contribution in [1.29, 1.82) is 0 Å². The van der Waals surface area contributed by atoms with Crippen LogP contribution in [-0.4, -0.2) is 30.3 Å². The highest BCUT2D eigenvalue weighted by Gasteiger charge is 2.35. The van der Waals surface area contributed by atoms with Crippen LogP contribution in [0.25, 0.3) is 0 Å². The average molecular weight is 480 g/mol. The number of para-hydroxylation sites is 1. The van der Waals surface area contributed by atoms with Crippen LogP contribution in [0, 0.1) is 0 Å². The van der Waals surface area contributed by atoms with E-state index in [0.29, 0.717) is 12.1 Å². The molecule has 0 aliphatic heterocycles. The topological polar surface area (TPSA) is 91.7 Å². The quantitative estimate of drug-likeness (QED) is 0.474. The predicted octanol–water partition coefficient (Wildman–Crippen LogP) is 4.47. The average Bonchev–Trinajstić information content (AvgIpc) is 3.64. The Kier molecular flexibility index (Phi) is 7.80. The van der Waals surface area contributed by atoms with E-state index >= 15 is 0 Å². The lowest BCUT2D eigenvalue weighted by molar-refractivity contribution is -0.126. The van der Waals surface area contributed by atoms with Crippen LogP contribution in [0.5, 0.6) is 0 Å². The molecule has 34 heavy (non-hydrogen) atoms. The first-order valence-corrected chi connectivity index (χ1v) is 12.5. The molecule has 1 aliphatic carbocycles. The van der Waals surface area contributed by atoms with Crippen LogP contribution in [0.2, 0.25) is 0 Å². The minimum Gasteiger partial charge on any atom is -0.459 e. The number of hydrogen-bond donors (Lipinski definition) is 2. The second-order valence-electron chi connectivity index (χ2n) is 8.31. The number of benzene rings is 1. The van der Waals surface area contributed by atoms with Crippen molar-refractivity contribution in [3.63, 3.8) is 0 Å². The van der Waals surface area contributed by atoms with Crippen molar-refractivity contribution < 1.29 is 18.8 Å². The van der Waals surface area contributed by atoms with Gasteiger partial charge in [-0.15, -0.1) is 11.3 Å². The predicted molar refractivity (Wildman–Crippen MR) is 132 cm³/mol. The van der Waals surface area contributed by atoms with Gasteiger partial charge < -0.3 is 15.1 Å². The summed E-state index contributed by atoms with van der Waals surface area (Å²) in [6.07, 6.45) is 6.17. The van der Waals surface area contributed by atoms with Crippen LogP contribution >= 0.6 is 11.3 Å². The number of thiophene rings is 1. The molecule has 0 saturated heterocycles. The molecule has 1 fully saturated rings. The highest BCUT2D eigenvalue weighted by molar-refractivity contribution is 7.10. The maximum absolute atomic E-state index is 13.7. The molecular formula is C26H29N3O4S. The van der Waals surface area contributed by atoms with E-state index in [4.69, 9.17) is 4.42 Å². The number of rotatable bonds is 9. The number of anilines is 1. The lowest BCUT2D eigenvalue weighted by Gasteiger charge is -2.33. The minimum absolute atomic E-state index is 0.118. The Hall–Kier alpha value is -3.39. The second-order valence-corrected chi connectivity index (χ2v) is 9.29. The Bertz CT molecular complexity index is 1110. The van der Waals surface area contributed by atoms with Gasteiger partial charge in [0.1, 0.15) is 6.04 Å². The summed E-state index contributed by atoms with van der Waals surface area (Å²) in [5.41, 5.74) is 1.62. The fourth-order valence-electron chi connectivity index (χ4n) is 4.37. The van der Waals surface area contributed by atoms with Crippen molar-refractivity contribution in [3.8, 4) is 0 Å². The van der Waals surface area contributed by atoms with Gasteiger partial charge in [0.15, 0.2) is 5.76 Å². The number of nitrogens with zero attached hydrogens (tertiary/aromatic N) is 1. The number of carbonyl (C=O) groups is 3. The van der Waals surface area contributed by atoms with Crippen LogP contribution < -0.4 is 15.5 Å². The Balaban J connectivity index is 1.67.